The second-order valence-electron chi connectivity index (χ2n) is 6.90. The first kappa shape index (κ1) is 16.0. The molecule has 1 aromatic carbocycles. The van der Waals surface area contributed by atoms with Crippen molar-refractivity contribution in [3.8, 4) is 0 Å². The molecule has 6 nitrogen and oxygen atoms in total. The third kappa shape index (κ3) is 3.09. The number of aromatic nitrogens is 4. The number of hydrogen-bond acceptors (Lipinski definition) is 5. The lowest BCUT2D eigenvalue weighted by Crippen LogP contribution is -2.19. The molecule has 2 aromatic heterocycles. The largest absolute Gasteiger partial charge is 0.387 e. The van der Waals surface area contributed by atoms with Crippen LogP contribution < -0.4 is 4.90 Å². The molecule has 1 saturated heterocycles. The maximum Gasteiger partial charge on any atom is 0.165 e. The van der Waals surface area contributed by atoms with Gasteiger partial charge >= 0.3 is 0 Å². The van der Waals surface area contributed by atoms with Crippen LogP contribution in [0.3, 0.4) is 0 Å². The molecule has 6 heteroatoms. The molecule has 130 valence electrons. The van der Waals surface area contributed by atoms with E-state index in [4.69, 9.17) is 0 Å². The van der Waals surface area contributed by atoms with Crippen molar-refractivity contribution in [2.24, 2.45) is 0 Å². The van der Waals surface area contributed by atoms with E-state index >= 15 is 0 Å². The van der Waals surface area contributed by atoms with E-state index in [-0.39, 0.29) is 0 Å². The number of hydrogen-bond donors (Lipinski definition) is 1. The molecule has 3 heterocycles. The number of anilines is 1. The van der Waals surface area contributed by atoms with E-state index in [1.54, 1.807) is 12.7 Å². The fraction of sp³-hybridized carbons (Fsp3) is 0.421. The SMILES string of the molecule is Cc1cc(C)cc(C(O)Cn2cnc3c(N4CCCC4)ncnc32)c1. The van der Waals surface area contributed by atoms with E-state index in [2.05, 4.69) is 25.9 Å². The average Bonchev–Trinajstić information content (AvgIpc) is 3.24. The van der Waals surface area contributed by atoms with Gasteiger partial charge in [0.05, 0.1) is 19.0 Å². The molecule has 4 rings (SSSR count). The standard InChI is InChI=1S/C19H23N5O/c1-13-7-14(2)9-15(8-13)16(25)10-24-12-22-17-18(20-11-21-19(17)24)23-5-3-4-6-23/h7-9,11-12,16,25H,3-6,10H2,1-2H3. The highest BCUT2D eigenvalue weighted by Crippen LogP contribution is 2.26. The Labute approximate surface area is 147 Å². The third-order valence-corrected chi connectivity index (χ3v) is 4.79. The van der Waals surface area contributed by atoms with Gasteiger partial charge in [-0.05, 0) is 32.3 Å². The van der Waals surface area contributed by atoms with E-state index in [1.165, 1.54) is 12.8 Å². The number of rotatable bonds is 4. The lowest BCUT2D eigenvalue weighted by Gasteiger charge is -2.16. The first-order chi connectivity index (χ1) is 12.1. The van der Waals surface area contributed by atoms with Crippen LogP contribution in [0.15, 0.2) is 30.9 Å². The lowest BCUT2D eigenvalue weighted by molar-refractivity contribution is 0.157. The summed E-state index contributed by atoms with van der Waals surface area (Å²) in [5.74, 6) is 0.905. The number of imidazole rings is 1. The predicted octanol–water partition coefficient (Wildman–Crippen LogP) is 2.78. The summed E-state index contributed by atoms with van der Waals surface area (Å²) in [5, 5.41) is 10.7. The maximum atomic E-state index is 10.7. The van der Waals surface area contributed by atoms with Crippen molar-refractivity contribution < 1.29 is 5.11 Å². The van der Waals surface area contributed by atoms with Crippen LogP contribution in [0.5, 0.6) is 0 Å². The van der Waals surface area contributed by atoms with Gasteiger partial charge in [0, 0.05) is 13.1 Å². The summed E-state index contributed by atoms with van der Waals surface area (Å²) in [6.45, 7) is 6.56. The minimum absolute atomic E-state index is 0.426. The molecule has 1 unspecified atom stereocenters. The summed E-state index contributed by atoms with van der Waals surface area (Å²) in [6.07, 6.45) is 5.14. The first-order valence-electron chi connectivity index (χ1n) is 8.79. The summed E-state index contributed by atoms with van der Waals surface area (Å²) in [4.78, 5) is 15.6. The zero-order valence-corrected chi connectivity index (χ0v) is 14.7. The molecule has 0 saturated carbocycles. The van der Waals surface area contributed by atoms with Crippen LogP contribution in [0.4, 0.5) is 5.82 Å². The summed E-state index contributed by atoms with van der Waals surface area (Å²) in [6, 6.07) is 6.17. The molecule has 1 aliphatic heterocycles. The van der Waals surface area contributed by atoms with E-state index in [1.807, 2.05) is 30.5 Å². The molecule has 0 radical (unpaired) electrons. The molecule has 25 heavy (non-hydrogen) atoms. The van der Waals surface area contributed by atoms with Crippen LogP contribution >= 0.6 is 0 Å². The van der Waals surface area contributed by atoms with Crippen LogP contribution in [-0.4, -0.2) is 37.7 Å². The van der Waals surface area contributed by atoms with Crippen LogP contribution in [0.25, 0.3) is 11.2 Å². The Kier molecular flexibility index (Phi) is 4.13. The molecule has 0 bridgehead atoms. The van der Waals surface area contributed by atoms with Gasteiger partial charge in [-0.25, -0.2) is 15.0 Å². The molecule has 3 aromatic rings. The monoisotopic (exact) mass is 337 g/mol. The highest BCUT2D eigenvalue weighted by atomic mass is 16.3. The van der Waals surface area contributed by atoms with Gasteiger partial charge < -0.3 is 14.6 Å². The molecule has 1 atom stereocenters. The van der Waals surface area contributed by atoms with Crippen LogP contribution in [0.1, 0.15) is 35.6 Å². The second-order valence-corrected chi connectivity index (χ2v) is 6.90. The van der Waals surface area contributed by atoms with E-state index < -0.39 is 6.10 Å². The molecule has 0 aliphatic carbocycles. The number of fused-ring (bicyclic) bond motifs is 1. The van der Waals surface area contributed by atoms with E-state index in [0.29, 0.717) is 6.54 Å². The van der Waals surface area contributed by atoms with Crippen molar-refractivity contribution in [2.45, 2.75) is 39.3 Å². The highest BCUT2D eigenvalue weighted by molar-refractivity contribution is 5.83. The average molecular weight is 337 g/mol. The Balaban J connectivity index is 1.64. The normalized spacial score (nSPS) is 15.9. The van der Waals surface area contributed by atoms with Crippen molar-refractivity contribution in [1.29, 1.82) is 0 Å². The lowest BCUT2D eigenvalue weighted by atomic mass is 10.0. The molecule has 1 aliphatic rings. The Morgan fingerprint density at radius 1 is 1.04 bits per heavy atom. The Hall–Kier alpha value is -2.47. The Morgan fingerprint density at radius 2 is 1.76 bits per heavy atom. The zero-order chi connectivity index (χ0) is 17.4. The van der Waals surface area contributed by atoms with Gasteiger partial charge in [-0.15, -0.1) is 0 Å². The Morgan fingerprint density at radius 3 is 2.48 bits per heavy atom. The molecular weight excluding hydrogens is 314 g/mol. The first-order valence-corrected chi connectivity index (χ1v) is 8.79. The molecule has 0 amide bonds. The summed E-state index contributed by atoms with van der Waals surface area (Å²) in [7, 11) is 0. The number of aliphatic hydroxyl groups excluding tert-OH is 1. The molecule has 1 N–H and O–H groups in total. The minimum atomic E-state index is -0.596. The fourth-order valence-electron chi connectivity index (χ4n) is 3.66. The summed E-state index contributed by atoms with van der Waals surface area (Å²) < 4.78 is 1.92. The number of aryl methyl sites for hydroxylation is 2. The van der Waals surface area contributed by atoms with Gasteiger partial charge in [-0.3, -0.25) is 0 Å². The van der Waals surface area contributed by atoms with Crippen LogP contribution in [0, 0.1) is 13.8 Å². The Bertz CT molecular complexity index is 878. The van der Waals surface area contributed by atoms with Crippen molar-refractivity contribution in [3.05, 3.63) is 47.5 Å². The van der Waals surface area contributed by atoms with Crippen molar-refractivity contribution >= 4 is 17.0 Å². The van der Waals surface area contributed by atoms with Crippen molar-refractivity contribution in [1.82, 2.24) is 19.5 Å². The predicted molar refractivity (Wildman–Crippen MR) is 97.6 cm³/mol. The number of nitrogens with zero attached hydrogens (tertiary/aromatic N) is 5. The maximum absolute atomic E-state index is 10.7. The molecule has 1 fully saturated rings. The van der Waals surface area contributed by atoms with E-state index in [0.717, 1.165) is 46.8 Å². The smallest absolute Gasteiger partial charge is 0.165 e. The van der Waals surface area contributed by atoms with Crippen LogP contribution in [0.2, 0.25) is 0 Å². The number of benzene rings is 1. The van der Waals surface area contributed by atoms with E-state index in [9.17, 15) is 5.11 Å². The summed E-state index contributed by atoms with van der Waals surface area (Å²) >= 11 is 0. The third-order valence-electron chi connectivity index (χ3n) is 4.79. The van der Waals surface area contributed by atoms with Gasteiger partial charge in [-0.2, -0.15) is 0 Å². The van der Waals surface area contributed by atoms with Crippen LogP contribution in [-0.2, 0) is 6.54 Å². The number of aliphatic hydroxyl groups is 1. The highest BCUT2D eigenvalue weighted by Gasteiger charge is 2.20. The second kappa shape index (κ2) is 6.44. The topological polar surface area (TPSA) is 67.1 Å². The van der Waals surface area contributed by atoms with Gasteiger partial charge in [-0.1, -0.05) is 29.3 Å². The quantitative estimate of drug-likeness (QED) is 0.793. The van der Waals surface area contributed by atoms with Crippen molar-refractivity contribution in [2.75, 3.05) is 18.0 Å². The van der Waals surface area contributed by atoms with Gasteiger partial charge in [0.25, 0.3) is 0 Å². The summed E-state index contributed by atoms with van der Waals surface area (Å²) in [5.41, 5.74) is 4.83. The fourth-order valence-corrected chi connectivity index (χ4v) is 3.66. The molecular formula is C19H23N5O. The van der Waals surface area contributed by atoms with Crippen molar-refractivity contribution in [3.63, 3.8) is 0 Å². The minimum Gasteiger partial charge on any atom is -0.387 e. The van der Waals surface area contributed by atoms with Gasteiger partial charge in [0.15, 0.2) is 17.0 Å². The zero-order valence-electron chi connectivity index (χ0n) is 14.7. The van der Waals surface area contributed by atoms with Gasteiger partial charge in [0.2, 0.25) is 0 Å². The van der Waals surface area contributed by atoms with Gasteiger partial charge in [0.1, 0.15) is 6.33 Å². The molecule has 0 spiro atoms.